The first-order valence-corrected chi connectivity index (χ1v) is 8.53. The molecule has 3 rings (SSSR count). The maximum Gasteiger partial charge on any atom is 0.0771 e. The molecule has 0 aromatic carbocycles. The number of ether oxygens (including phenoxy) is 1. The first-order chi connectivity index (χ1) is 8.70. The van der Waals surface area contributed by atoms with E-state index >= 15 is 0 Å². The molecule has 0 amide bonds. The molecule has 0 radical (unpaired) electrons. The molecule has 2 N–H and O–H groups in total. The van der Waals surface area contributed by atoms with Gasteiger partial charge in [-0.2, -0.15) is 11.8 Å². The lowest BCUT2D eigenvalue weighted by atomic mass is 9.79. The zero-order valence-corrected chi connectivity index (χ0v) is 11.9. The predicted octanol–water partition coefficient (Wildman–Crippen LogP) is 1.94. The average molecular weight is 271 g/mol. The number of hydrogen-bond donors (Lipinski definition) is 2. The molecule has 3 fully saturated rings. The predicted molar refractivity (Wildman–Crippen MR) is 75.1 cm³/mol. The molecule has 1 atom stereocenters. The van der Waals surface area contributed by atoms with E-state index in [1.807, 2.05) is 0 Å². The van der Waals surface area contributed by atoms with E-state index in [1.165, 1.54) is 30.8 Å². The summed E-state index contributed by atoms with van der Waals surface area (Å²) in [5, 5.41) is 13.7. The van der Waals surface area contributed by atoms with Crippen LogP contribution in [-0.4, -0.2) is 47.0 Å². The second-order valence-corrected chi connectivity index (χ2v) is 7.52. The van der Waals surface area contributed by atoms with Crippen molar-refractivity contribution in [3.05, 3.63) is 0 Å². The van der Waals surface area contributed by atoms with Gasteiger partial charge in [-0.05, 0) is 56.5 Å². The molecular weight excluding hydrogens is 246 g/mol. The van der Waals surface area contributed by atoms with Gasteiger partial charge >= 0.3 is 0 Å². The largest absolute Gasteiger partial charge is 0.389 e. The summed E-state index contributed by atoms with van der Waals surface area (Å²) in [6.45, 7) is 1.67. The van der Waals surface area contributed by atoms with Crippen molar-refractivity contribution in [2.24, 2.45) is 0 Å². The molecule has 1 aliphatic carbocycles. The van der Waals surface area contributed by atoms with Gasteiger partial charge in [0.15, 0.2) is 0 Å². The maximum absolute atomic E-state index is 10.1. The van der Waals surface area contributed by atoms with Gasteiger partial charge in [0.2, 0.25) is 0 Å². The topological polar surface area (TPSA) is 41.5 Å². The number of thioether (sulfide) groups is 1. The van der Waals surface area contributed by atoms with Gasteiger partial charge in [-0.25, -0.2) is 0 Å². The van der Waals surface area contributed by atoms with Gasteiger partial charge in [-0.3, -0.25) is 0 Å². The van der Waals surface area contributed by atoms with Crippen LogP contribution in [0.15, 0.2) is 0 Å². The third-order valence-electron chi connectivity index (χ3n) is 4.90. The molecule has 2 aliphatic heterocycles. The third kappa shape index (κ3) is 2.87. The molecule has 0 aromatic rings. The van der Waals surface area contributed by atoms with Gasteiger partial charge in [-0.15, -0.1) is 0 Å². The van der Waals surface area contributed by atoms with E-state index in [0.29, 0.717) is 6.04 Å². The van der Waals surface area contributed by atoms with Crippen LogP contribution in [0.5, 0.6) is 0 Å². The van der Waals surface area contributed by atoms with Crippen LogP contribution in [0.4, 0.5) is 0 Å². The SMILES string of the molecule is OC1(CNC2CCOC3(CCSCC3)C2)CCC1. The summed E-state index contributed by atoms with van der Waals surface area (Å²) in [7, 11) is 0. The fraction of sp³-hybridized carbons (Fsp3) is 1.00. The van der Waals surface area contributed by atoms with Crippen LogP contribution in [-0.2, 0) is 4.74 Å². The van der Waals surface area contributed by atoms with Gasteiger partial charge < -0.3 is 15.2 Å². The molecule has 2 saturated heterocycles. The van der Waals surface area contributed by atoms with E-state index in [0.717, 1.165) is 38.8 Å². The van der Waals surface area contributed by atoms with Crippen LogP contribution in [0.1, 0.15) is 44.9 Å². The molecule has 1 saturated carbocycles. The van der Waals surface area contributed by atoms with Crippen LogP contribution in [0, 0.1) is 0 Å². The maximum atomic E-state index is 10.1. The highest BCUT2D eigenvalue weighted by Gasteiger charge is 2.40. The highest BCUT2D eigenvalue weighted by Crippen LogP contribution is 2.38. The molecule has 4 heteroatoms. The summed E-state index contributed by atoms with van der Waals surface area (Å²) in [6.07, 6.45) is 7.80. The molecule has 3 aliphatic rings. The normalized spacial score (nSPS) is 34.2. The van der Waals surface area contributed by atoms with Gasteiger partial charge in [0.05, 0.1) is 11.2 Å². The molecule has 3 nitrogen and oxygen atoms in total. The molecule has 18 heavy (non-hydrogen) atoms. The number of hydrogen-bond acceptors (Lipinski definition) is 4. The van der Waals surface area contributed by atoms with Gasteiger partial charge in [0.25, 0.3) is 0 Å². The van der Waals surface area contributed by atoms with Crippen LogP contribution < -0.4 is 5.32 Å². The molecule has 1 spiro atoms. The minimum Gasteiger partial charge on any atom is -0.389 e. The molecular formula is C14H25NO2S. The highest BCUT2D eigenvalue weighted by atomic mass is 32.2. The minimum absolute atomic E-state index is 0.156. The Labute approximate surface area is 114 Å². The lowest BCUT2D eigenvalue weighted by Crippen LogP contribution is -2.53. The fourth-order valence-electron chi connectivity index (χ4n) is 3.39. The Morgan fingerprint density at radius 1 is 1.22 bits per heavy atom. The Morgan fingerprint density at radius 3 is 2.67 bits per heavy atom. The summed E-state index contributed by atoms with van der Waals surface area (Å²) >= 11 is 2.05. The van der Waals surface area contributed by atoms with Crippen molar-refractivity contribution in [2.45, 2.75) is 62.2 Å². The highest BCUT2D eigenvalue weighted by molar-refractivity contribution is 7.99. The molecule has 1 unspecified atom stereocenters. The van der Waals surface area contributed by atoms with Crippen molar-refractivity contribution < 1.29 is 9.84 Å². The summed E-state index contributed by atoms with van der Waals surface area (Å²) in [5.74, 6) is 2.49. The number of aliphatic hydroxyl groups is 1. The summed E-state index contributed by atoms with van der Waals surface area (Å²) in [4.78, 5) is 0. The van der Waals surface area contributed by atoms with Crippen molar-refractivity contribution >= 4 is 11.8 Å². The van der Waals surface area contributed by atoms with Crippen LogP contribution in [0.25, 0.3) is 0 Å². The lowest BCUT2D eigenvalue weighted by Gasteiger charge is -2.45. The van der Waals surface area contributed by atoms with Crippen molar-refractivity contribution in [1.82, 2.24) is 5.32 Å². The van der Waals surface area contributed by atoms with Crippen LogP contribution in [0.3, 0.4) is 0 Å². The van der Waals surface area contributed by atoms with E-state index < -0.39 is 5.60 Å². The second kappa shape index (κ2) is 5.31. The Kier molecular flexibility index (Phi) is 3.90. The van der Waals surface area contributed by atoms with Crippen molar-refractivity contribution in [3.63, 3.8) is 0 Å². The third-order valence-corrected chi connectivity index (χ3v) is 5.89. The molecule has 104 valence electrons. The van der Waals surface area contributed by atoms with E-state index in [4.69, 9.17) is 4.74 Å². The monoisotopic (exact) mass is 271 g/mol. The zero-order valence-electron chi connectivity index (χ0n) is 11.1. The molecule has 2 heterocycles. The van der Waals surface area contributed by atoms with E-state index in [2.05, 4.69) is 17.1 Å². The first kappa shape index (κ1) is 13.2. The Bertz CT molecular complexity index is 282. The van der Waals surface area contributed by atoms with Crippen molar-refractivity contribution in [1.29, 1.82) is 0 Å². The Hall–Kier alpha value is 0.230. The van der Waals surface area contributed by atoms with E-state index in [9.17, 15) is 5.11 Å². The smallest absolute Gasteiger partial charge is 0.0771 e. The number of rotatable bonds is 3. The molecule has 0 bridgehead atoms. The second-order valence-electron chi connectivity index (χ2n) is 6.29. The first-order valence-electron chi connectivity index (χ1n) is 7.37. The Balaban J connectivity index is 1.50. The Morgan fingerprint density at radius 2 is 2.00 bits per heavy atom. The van der Waals surface area contributed by atoms with Crippen molar-refractivity contribution in [3.8, 4) is 0 Å². The van der Waals surface area contributed by atoms with Gasteiger partial charge in [0, 0.05) is 19.2 Å². The van der Waals surface area contributed by atoms with E-state index in [-0.39, 0.29) is 5.60 Å². The summed E-state index contributed by atoms with van der Waals surface area (Å²) < 4.78 is 6.09. The standard InChI is InChI=1S/C14H25NO2S/c16-13(3-1-4-13)11-15-12-2-7-17-14(10-12)5-8-18-9-6-14/h12,15-16H,1-11H2. The van der Waals surface area contributed by atoms with Crippen molar-refractivity contribution in [2.75, 3.05) is 24.7 Å². The van der Waals surface area contributed by atoms with Crippen LogP contribution >= 0.6 is 11.8 Å². The van der Waals surface area contributed by atoms with Gasteiger partial charge in [0.1, 0.15) is 0 Å². The van der Waals surface area contributed by atoms with Gasteiger partial charge in [-0.1, -0.05) is 0 Å². The summed E-state index contributed by atoms with van der Waals surface area (Å²) in [5.41, 5.74) is -0.239. The quantitative estimate of drug-likeness (QED) is 0.823. The van der Waals surface area contributed by atoms with E-state index in [1.54, 1.807) is 0 Å². The average Bonchev–Trinajstić information content (AvgIpc) is 2.35. The molecule has 0 aromatic heterocycles. The zero-order chi connectivity index (χ0) is 12.5. The summed E-state index contributed by atoms with van der Waals surface area (Å²) in [6, 6.07) is 0.548. The number of nitrogens with one attached hydrogen (secondary N) is 1. The van der Waals surface area contributed by atoms with Crippen LogP contribution in [0.2, 0.25) is 0 Å². The lowest BCUT2D eigenvalue weighted by molar-refractivity contribution is -0.0980. The fourth-order valence-corrected chi connectivity index (χ4v) is 4.63. The minimum atomic E-state index is -0.395.